The Kier molecular flexibility index (Phi) is 4.79. The van der Waals surface area contributed by atoms with Crippen molar-refractivity contribution >= 4 is 39.1 Å². The van der Waals surface area contributed by atoms with Crippen molar-refractivity contribution in [1.29, 1.82) is 0 Å². The van der Waals surface area contributed by atoms with E-state index in [-0.39, 0.29) is 11.7 Å². The Labute approximate surface area is 187 Å². The van der Waals surface area contributed by atoms with Crippen LogP contribution in [0.2, 0.25) is 0 Å². The van der Waals surface area contributed by atoms with Gasteiger partial charge in [0.2, 0.25) is 5.91 Å². The van der Waals surface area contributed by atoms with E-state index in [1.54, 1.807) is 35.4 Å². The molecule has 3 aromatic carbocycles. The number of fused-ring (bicyclic) bond motifs is 1. The van der Waals surface area contributed by atoms with Crippen LogP contribution in [0.5, 0.6) is 5.75 Å². The second-order valence-corrected chi connectivity index (χ2v) is 8.62. The van der Waals surface area contributed by atoms with E-state index in [9.17, 15) is 14.7 Å². The zero-order chi connectivity index (χ0) is 21.7. The average Bonchev–Trinajstić information content (AvgIpc) is 3.28. The molecule has 3 atom stereocenters. The van der Waals surface area contributed by atoms with Crippen LogP contribution in [-0.4, -0.2) is 23.0 Å². The van der Waals surface area contributed by atoms with E-state index < -0.39 is 24.0 Å². The molecule has 0 aromatic heterocycles. The number of amides is 2. The zero-order valence-corrected chi connectivity index (χ0v) is 18.2. The molecule has 0 bridgehead atoms. The molecule has 3 aromatic rings. The van der Waals surface area contributed by atoms with Crippen molar-refractivity contribution in [3.63, 3.8) is 0 Å². The van der Waals surface area contributed by atoms with Gasteiger partial charge in [0.1, 0.15) is 11.7 Å². The Morgan fingerprint density at radius 1 is 0.903 bits per heavy atom. The Balaban J connectivity index is 1.62. The van der Waals surface area contributed by atoms with Gasteiger partial charge in [-0.3, -0.25) is 14.4 Å². The lowest BCUT2D eigenvalue weighted by molar-refractivity contribution is -0.126. The number of aromatic hydroxyl groups is 1. The number of hydrogen-bond acceptors (Lipinski definition) is 5. The molecule has 6 nitrogen and oxygen atoms in total. The Morgan fingerprint density at radius 3 is 2.32 bits per heavy atom. The fraction of sp³-hybridized carbons (Fsp3) is 0.167. The number of hydrogen-bond donors (Lipinski definition) is 1. The van der Waals surface area contributed by atoms with Crippen LogP contribution in [0.3, 0.4) is 0 Å². The number of rotatable bonds is 3. The van der Waals surface area contributed by atoms with Crippen molar-refractivity contribution in [2.45, 2.75) is 19.1 Å². The van der Waals surface area contributed by atoms with E-state index in [0.29, 0.717) is 16.9 Å². The average molecular weight is 479 g/mol. The van der Waals surface area contributed by atoms with Crippen molar-refractivity contribution < 1.29 is 19.5 Å². The highest BCUT2D eigenvalue weighted by Gasteiger charge is 2.60. The van der Waals surface area contributed by atoms with Gasteiger partial charge in [0.05, 0.1) is 17.4 Å². The summed E-state index contributed by atoms with van der Waals surface area (Å²) in [6, 6.07) is 20.9. The molecular formula is C24H19BrN2O4. The summed E-state index contributed by atoms with van der Waals surface area (Å²) in [6.45, 7) is 1.94. The van der Waals surface area contributed by atoms with Crippen LogP contribution in [-0.2, 0) is 14.4 Å². The van der Waals surface area contributed by atoms with Crippen molar-refractivity contribution in [1.82, 2.24) is 0 Å². The fourth-order valence-electron chi connectivity index (χ4n) is 4.24. The van der Waals surface area contributed by atoms with Gasteiger partial charge in [0, 0.05) is 10.0 Å². The van der Waals surface area contributed by atoms with Crippen LogP contribution in [0, 0.1) is 12.8 Å². The van der Waals surface area contributed by atoms with Crippen LogP contribution in [0.4, 0.5) is 11.4 Å². The minimum atomic E-state index is -0.975. The summed E-state index contributed by atoms with van der Waals surface area (Å²) in [5.41, 5.74) is 2.76. The van der Waals surface area contributed by atoms with Crippen molar-refractivity contribution in [2.24, 2.45) is 5.92 Å². The summed E-state index contributed by atoms with van der Waals surface area (Å²) in [7, 11) is 0. The molecule has 0 spiro atoms. The predicted molar refractivity (Wildman–Crippen MR) is 120 cm³/mol. The summed E-state index contributed by atoms with van der Waals surface area (Å²) in [5, 5.41) is 12.2. The molecule has 5 rings (SSSR count). The Bertz CT molecular complexity index is 1170. The first-order valence-corrected chi connectivity index (χ1v) is 10.7. The molecular weight excluding hydrogens is 460 g/mol. The molecule has 2 amide bonds. The maximum absolute atomic E-state index is 13.5. The van der Waals surface area contributed by atoms with Crippen molar-refractivity contribution in [3.8, 4) is 5.75 Å². The molecule has 1 N–H and O–H groups in total. The summed E-state index contributed by atoms with van der Waals surface area (Å²) in [6.07, 6.45) is -0.975. The monoisotopic (exact) mass is 478 g/mol. The molecule has 156 valence electrons. The van der Waals surface area contributed by atoms with Crippen LogP contribution in [0.15, 0.2) is 77.3 Å². The highest BCUT2D eigenvalue weighted by molar-refractivity contribution is 9.10. The normalized spacial score (nSPS) is 22.8. The number of para-hydroxylation sites is 1. The third-order valence-electron chi connectivity index (χ3n) is 5.73. The number of nitrogens with zero attached hydrogens (tertiary/aromatic N) is 2. The molecule has 0 radical (unpaired) electrons. The first kappa shape index (κ1) is 19.8. The van der Waals surface area contributed by atoms with E-state index in [4.69, 9.17) is 4.84 Å². The quantitative estimate of drug-likeness (QED) is 0.560. The Morgan fingerprint density at radius 2 is 1.61 bits per heavy atom. The van der Waals surface area contributed by atoms with E-state index in [1.165, 1.54) is 4.90 Å². The standard InChI is InChI=1S/C24H19BrN2O4/c1-14-7-10-16(11-8-14)26-23(29)20-21(18-13-15(25)9-12-19(18)28)27(31-22(20)24(26)30)17-5-3-2-4-6-17/h2-13,20-22,28H,1H3/t20-,21+,22-/m1/s1. The number of aryl methyl sites for hydroxylation is 1. The molecule has 0 saturated carbocycles. The second-order valence-electron chi connectivity index (χ2n) is 7.71. The molecule has 2 aliphatic heterocycles. The number of hydroxylamine groups is 1. The maximum Gasteiger partial charge on any atom is 0.266 e. The second kappa shape index (κ2) is 7.51. The van der Waals surface area contributed by atoms with Crippen LogP contribution >= 0.6 is 15.9 Å². The highest BCUT2D eigenvalue weighted by Crippen LogP contribution is 2.49. The SMILES string of the molecule is Cc1ccc(N2C(=O)[C@H]3[C@@H](ON(c4ccccc4)[C@H]3c3cc(Br)ccc3O)C2=O)cc1. The van der Waals surface area contributed by atoms with Crippen LogP contribution in [0.1, 0.15) is 17.2 Å². The molecule has 31 heavy (non-hydrogen) atoms. The third kappa shape index (κ3) is 3.21. The summed E-state index contributed by atoms with van der Waals surface area (Å²) >= 11 is 3.44. The minimum Gasteiger partial charge on any atom is -0.508 e. The molecule has 0 unspecified atom stereocenters. The first-order chi connectivity index (χ1) is 15.0. The number of phenolic OH excluding ortho intramolecular Hbond substituents is 1. The number of carbonyl (C=O) groups is 2. The molecule has 0 aliphatic carbocycles. The zero-order valence-electron chi connectivity index (χ0n) is 16.6. The topological polar surface area (TPSA) is 70.1 Å². The van der Waals surface area contributed by atoms with Crippen molar-refractivity contribution in [3.05, 3.63) is 88.4 Å². The number of halogens is 1. The fourth-order valence-corrected chi connectivity index (χ4v) is 4.62. The smallest absolute Gasteiger partial charge is 0.266 e. The number of benzene rings is 3. The first-order valence-electron chi connectivity index (χ1n) is 9.89. The Hall–Kier alpha value is -3.16. The molecule has 7 heteroatoms. The van der Waals surface area contributed by atoms with Crippen LogP contribution < -0.4 is 9.96 Å². The van der Waals surface area contributed by atoms with E-state index in [2.05, 4.69) is 15.9 Å². The molecule has 2 heterocycles. The maximum atomic E-state index is 13.5. The largest absolute Gasteiger partial charge is 0.508 e. The van der Waals surface area contributed by atoms with Crippen molar-refractivity contribution in [2.75, 3.05) is 9.96 Å². The summed E-state index contributed by atoms with van der Waals surface area (Å²) < 4.78 is 0.754. The van der Waals surface area contributed by atoms with E-state index in [0.717, 1.165) is 10.0 Å². The van der Waals surface area contributed by atoms with E-state index in [1.807, 2.05) is 49.4 Å². The number of anilines is 2. The number of carbonyl (C=O) groups excluding carboxylic acids is 2. The lowest BCUT2D eigenvalue weighted by Crippen LogP contribution is -2.37. The number of imide groups is 1. The van der Waals surface area contributed by atoms with Gasteiger partial charge < -0.3 is 5.11 Å². The van der Waals surface area contributed by atoms with Crippen LogP contribution in [0.25, 0.3) is 0 Å². The third-order valence-corrected chi connectivity index (χ3v) is 6.22. The number of phenols is 1. The lowest BCUT2D eigenvalue weighted by Gasteiger charge is -2.29. The minimum absolute atomic E-state index is 0.0346. The van der Waals surface area contributed by atoms with Gasteiger partial charge in [-0.05, 0) is 49.4 Å². The molecule has 2 aliphatic rings. The molecule has 2 fully saturated rings. The van der Waals surface area contributed by atoms with E-state index >= 15 is 0 Å². The molecule has 2 saturated heterocycles. The van der Waals surface area contributed by atoms with Gasteiger partial charge in [-0.1, -0.05) is 51.8 Å². The van der Waals surface area contributed by atoms with Gasteiger partial charge in [-0.2, -0.15) is 0 Å². The van der Waals surface area contributed by atoms with Gasteiger partial charge in [0.25, 0.3) is 5.91 Å². The summed E-state index contributed by atoms with van der Waals surface area (Å²) in [5.74, 6) is -1.51. The van der Waals surface area contributed by atoms with Gasteiger partial charge in [-0.15, -0.1) is 0 Å². The van der Waals surface area contributed by atoms with Gasteiger partial charge in [-0.25, -0.2) is 9.96 Å². The van der Waals surface area contributed by atoms with Gasteiger partial charge in [0.15, 0.2) is 6.10 Å². The van der Waals surface area contributed by atoms with Gasteiger partial charge >= 0.3 is 0 Å². The predicted octanol–water partition coefficient (Wildman–Crippen LogP) is 4.51. The highest BCUT2D eigenvalue weighted by atomic mass is 79.9. The summed E-state index contributed by atoms with van der Waals surface area (Å²) in [4.78, 5) is 34.1. The lowest BCUT2D eigenvalue weighted by atomic mass is 9.90.